The summed E-state index contributed by atoms with van der Waals surface area (Å²) in [6.07, 6.45) is 2.04. The van der Waals surface area contributed by atoms with Crippen LogP contribution in [0.1, 0.15) is 37.4 Å². The first-order chi connectivity index (χ1) is 10.2. The Balaban J connectivity index is 2.00. The maximum Gasteiger partial charge on any atom is 0.124 e. The normalized spacial score (nSPS) is 12.3. The van der Waals surface area contributed by atoms with Crippen LogP contribution in [0.4, 0.5) is 0 Å². The van der Waals surface area contributed by atoms with Crippen LogP contribution < -0.4 is 10.1 Å². The highest BCUT2D eigenvalue weighted by atomic mass is 35.5. The quantitative estimate of drug-likeness (QED) is 0.731. The molecule has 0 bridgehead atoms. The van der Waals surface area contributed by atoms with Gasteiger partial charge in [0.15, 0.2) is 0 Å². The van der Waals surface area contributed by atoms with Crippen molar-refractivity contribution in [3.63, 3.8) is 0 Å². The molecule has 114 valence electrons. The molecule has 0 aliphatic carbocycles. The number of nitrogens with one attached hydrogen (secondary N) is 1. The number of hydrogen-bond donors (Lipinski definition) is 1. The predicted octanol–water partition coefficient (Wildman–Crippen LogP) is 5.08. The molecule has 1 aromatic carbocycles. The predicted molar refractivity (Wildman–Crippen MR) is 91.7 cm³/mol. The third-order valence-electron chi connectivity index (χ3n) is 3.37. The van der Waals surface area contributed by atoms with Gasteiger partial charge in [0.2, 0.25) is 0 Å². The Morgan fingerprint density at radius 1 is 1.33 bits per heavy atom. The summed E-state index contributed by atoms with van der Waals surface area (Å²) >= 11 is 7.85. The maximum atomic E-state index is 6.13. The molecule has 0 spiro atoms. The lowest BCUT2D eigenvalue weighted by molar-refractivity contribution is 0.315. The van der Waals surface area contributed by atoms with Gasteiger partial charge in [0.1, 0.15) is 5.75 Å². The Bertz CT molecular complexity index is 542. The second-order valence-corrected chi connectivity index (χ2v) is 6.30. The highest BCUT2D eigenvalue weighted by molar-refractivity contribution is 7.07. The monoisotopic (exact) mass is 323 g/mol. The van der Waals surface area contributed by atoms with Gasteiger partial charge < -0.3 is 10.1 Å². The lowest BCUT2D eigenvalue weighted by Crippen LogP contribution is -2.20. The van der Waals surface area contributed by atoms with Crippen molar-refractivity contribution < 1.29 is 4.74 Å². The average Bonchev–Trinajstić information content (AvgIpc) is 2.99. The van der Waals surface area contributed by atoms with E-state index in [0.717, 1.165) is 35.7 Å². The summed E-state index contributed by atoms with van der Waals surface area (Å²) in [6.45, 7) is 5.98. The van der Waals surface area contributed by atoms with Gasteiger partial charge in [-0.1, -0.05) is 18.5 Å². The maximum absolute atomic E-state index is 6.13. The van der Waals surface area contributed by atoms with E-state index in [-0.39, 0.29) is 6.04 Å². The molecule has 2 nitrogen and oxygen atoms in total. The Labute approximate surface area is 136 Å². The number of rotatable bonds is 8. The van der Waals surface area contributed by atoms with Crippen molar-refractivity contribution in [2.75, 3.05) is 13.2 Å². The van der Waals surface area contributed by atoms with Gasteiger partial charge in [-0.3, -0.25) is 0 Å². The van der Waals surface area contributed by atoms with Crippen molar-refractivity contribution in [3.8, 4) is 5.75 Å². The molecule has 1 unspecified atom stereocenters. The van der Waals surface area contributed by atoms with Crippen LogP contribution in [-0.2, 0) is 6.42 Å². The summed E-state index contributed by atoms with van der Waals surface area (Å²) in [5, 5.41) is 8.49. The smallest absolute Gasteiger partial charge is 0.124 e. The summed E-state index contributed by atoms with van der Waals surface area (Å²) < 4.78 is 5.97. The van der Waals surface area contributed by atoms with E-state index in [1.807, 2.05) is 18.2 Å². The van der Waals surface area contributed by atoms with Crippen LogP contribution in [0.15, 0.2) is 35.0 Å². The van der Waals surface area contributed by atoms with E-state index in [0.29, 0.717) is 6.61 Å². The second kappa shape index (κ2) is 8.42. The fourth-order valence-electron chi connectivity index (χ4n) is 2.17. The molecule has 0 amide bonds. The third kappa shape index (κ3) is 5.03. The summed E-state index contributed by atoms with van der Waals surface area (Å²) in [4.78, 5) is 0. The zero-order valence-corrected chi connectivity index (χ0v) is 14.1. The largest absolute Gasteiger partial charge is 0.493 e. The van der Waals surface area contributed by atoms with Gasteiger partial charge in [-0.25, -0.2) is 0 Å². The number of benzene rings is 1. The standard InChI is InChI=1S/C17H22ClNOS/c1-3-8-19-13(2)16-11-15(18)4-5-17(16)20-9-6-14-7-10-21-12-14/h4-5,7,10-13,19H,3,6,8-9H2,1-2H3. The third-order valence-corrected chi connectivity index (χ3v) is 4.33. The van der Waals surface area contributed by atoms with Crippen molar-refractivity contribution in [1.82, 2.24) is 5.32 Å². The summed E-state index contributed by atoms with van der Waals surface area (Å²) in [7, 11) is 0. The van der Waals surface area contributed by atoms with Crippen LogP contribution in [0.3, 0.4) is 0 Å². The van der Waals surface area contributed by atoms with Crippen LogP contribution in [-0.4, -0.2) is 13.2 Å². The first-order valence-corrected chi connectivity index (χ1v) is 8.69. The van der Waals surface area contributed by atoms with Crippen molar-refractivity contribution in [2.45, 2.75) is 32.7 Å². The SMILES string of the molecule is CCCNC(C)c1cc(Cl)ccc1OCCc1ccsc1. The van der Waals surface area contributed by atoms with Gasteiger partial charge >= 0.3 is 0 Å². The molecule has 0 radical (unpaired) electrons. The van der Waals surface area contributed by atoms with Crippen LogP contribution in [0, 0.1) is 0 Å². The van der Waals surface area contributed by atoms with Gasteiger partial charge in [0.05, 0.1) is 6.61 Å². The summed E-state index contributed by atoms with van der Waals surface area (Å²) in [5.41, 5.74) is 2.45. The molecule has 1 N–H and O–H groups in total. The molecule has 21 heavy (non-hydrogen) atoms. The molecule has 2 rings (SSSR count). The van der Waals surface area contributed by atoms with Crippen LogP contribution in [0.2, 0.25) is 5.02 Å². The molecule has 0 aliphatic heterocycles. The molecule has 0 saturated carbocycles. The Morgan fingerprint density at radius 2 is 2.19 bits per heavy atom. The molecule has 1 heterocycles. The van der Waals surface area contributed by atoms with Gasteiger partial charge in [-0.05, 0) is 60.5 Å². The molecule has 0 aliphatic rings. The fourth-order valence-corrected chi connectivity index (χ4v) is 3.06. The van der Waals surface area contributed by atoms with Gasteiger partial charge in [-0.15, -0.1) is 0 Å². The van der Waals surface area contributed by atoms with Crippen molar-refractivity contribution in [3.05, 3.63) is 51.2 Å². The van der Waals surface area contributed by atoms with Crippen molar-refractivity contribution in [1.29, 1.82) is 0 Å². The number of ether oxygens (including phenoxy) is 1. The topological polar surface area (TPSA) is 21.3 Å². The lowest BCUT2D eigenvalue weighted by Gasteiger charge is -2.18. The minimum atomic E-state index is 0.236. The molecule has 2 aromatic rings. The van der Waals surface area contributed by atoms with Crippen LogP contribution >= 0.6 is 22.9 Å². The Kier molecular flexibility index (Phi) is 6.55. The van der Waals surface area contributed by atoms with Crippen molar-refractivity contribution >= 4 is 22.9 Å². The Morgan fingerprint density at radius 3 is 2.90 bits per heavy atom. The van der Waals surface area contributed by atoms with E-state index in [1.54, 1.807) is 11.3 Å². The summed E-state index contributed by atoms with van der Waals surface area (Å²) in [6, 6.07) is 8.23. The van der Waals surface area contributed by atoms with E-state index in [2.05, 4.69) is 36.0 Å². The van der Waals surface area contributed by atoms with E-state index < -0.39 is 0 Å². The van der Waals surface area contributed by atoms with Gasteiger partial charge in [-0.2, -0.15) is 11.3 Å². The zero-order valence-electron chi connectivity index (χ0n) is 12.6. The van der Waals surface area contributed by atoms with Crippen LogP contribution in [0.25, 0.3) is 0 Å². The molecular weight excluding hydrogens is 302 g/mol. The average molecular weight is 324 g/mol. The lowest BCUT2D eigenvalue weighted by atomic mass is 10.1. The molecule has 1 aromatic heterocycles. The zero-order chi connectivity index (χ0) is 15.1. The minimum Gasteiger partial charge on any atom is -0.493 e. The summed E-state index contributed by atoms with van der Waals surface area (Å²) in [5.74, 6) is 0.922. The fraction of sp³-hybridized carbons (Fsp3) is 0.412. The molecule has 1 atom stereocenters. The van der Waals surface area contributed by atoms with Gasteiger partial charge in [0, 0.05) is 23.0 Å². The molecular formula is C17H22ClNOS. The first kappa shape index (κ1) is 16.3. The number of thiophene rings is 1. The molecule has 0 fully saturated rings. The first-order valence-electron chi connectivity index (χ1n) is 7.37. The van der Waals surface area contributed by atoms with Crippen molar-refractivity contribution in [2.24, 2.45) is 0 Å². The van der Waals surface area contributed by atoms with Gasteiger partial charge in [0.25, 0.3) is 0 Å². The molecule has 4 heteroatoms. The Hall–Kier alpha value is -1.03. The number of halogens is 1. The van der Waals surface area contributed by atoms with Crippen LogP contribution in [0.5, 0.6) is 5.75 Å². The highest BCUT2D eigenvalue weighted by Crippen LogP contribution is 2.28. The molecule has 0 saturated heterocycles. The minimum absolute atomic E-state index is 0.236. The highest BCUT2D eigenvalue weighted by Gasteiger charge is 2.12. The van der Waals surface area contributed by atoms with E-state index in [4.69, 9.17) is 16.3 Å². The van der Waals surface area contributed by atoms with E-state index in [9.17, 15) is 0 Å². The second-order valence-electron chi connectivity index (χ2n) is 5.09. The number of hydrogen-bond acceptors (Lipinski definition) is 3. The van der Waals surface area contributed by atoms with E-state index in [1.165, 1.54) is 5.56 Å². The van der Waals surface area contributed by atoms with E-state index >= 15 is 0 Å².